The smallest absolute Gasteiger partial charge is 0.122 e. The quantitative estimate of drug-likeness (QED) is 0.746. The van der Waals surface area contributed by atoms with Crippen molar-refractivity contribution in [3.05, 3.63) is 29.3 Å². The standard InChI is InChI=1S/C15H20N2O/c1-12(2)17(9-7-16)8-5-13-3-4-15-14(11-13)6-10-18-15/h3-4,11-12H,5-6,8-10H2,1-2H3. The Labute approximate surface area is 109 Å². The molecule has 18 heavy (non-hydrogen) atoms. The molecule has 96 valence electrons. The topological polar surface area (TPSA) is 36.3 Å². The van der Waals surface area contributed by atoms with Gasteiger partial charge in [0.2, 0.25) is 0 Å². The summed E-state index contributed by atoms with van der Waals surface area (Å²) in [5, 5.41) is 8.80. The van der Waals surface area contributed by atoms with Crippen LogP contribution < -0.4 is 4.74 Å². The van der Waals surface area contributed by atoms with E-state index in [-0.39, 0.29) is 0 Å². The number of nitrogens with zero attached hydrogens (tertiary/aromatic N) is 2. The minimum atomic E-state index is 0.419. The highest BCUT2D eigenvalue weighted by molar-refractivity contribution is 5.39. The first-order valence-electron chi connectivity index (χ1n) is 6.56. The summed E-state index contributed by atoms with van der Waals surface area (Å²) >= 11 is 0. The van der Waals surface area contributed by atoms with E-state index in [1.165, 1.54) is 11.1 Å². The summed E-state index contributed by atoms with van der Waals surface area (Å²) in [5.74, 6) is 1.04. The first kappa shape index (κ1) is 12.9. The molecule has 0 aliphatic carbocycles. The van der Waals surface area contributed by atoms with Gasteiger partial charge in [0.15, 0.2) is 0 Å². The minimum absolute atomic E-state index is 0.419. The molecule has 1 heterocycles. The second kappa shape index (κ2) is 5.88. The van der Waals surface area contributed by atoms with Gasteiger partial charge < -0.3 is 4.74 Å². The highest BCUT2D eigenvalue weighted by Gasteiger charge is 2.13. The fourth-order valence-corrected chi connectivity index (χ4v) is 2.28. The van der Waals surface area contributed by atoms with Gasteiger partial charge in [0.25, 0.3) is 0 Å². The van der Waals surface area contributed by atoms with Crippen LogP contribution >= 0.6 is 0 Å². The van der Waals surface area contributed by atoms with Crippen LogP contribution in [-0.4, -0.2) is 30.6 Å². The number of benzene rings is 1. The van der Waals surface area contributed by atoms with Gasteiger partial charge in [0.05, 0.1) is 19.2 Å². The molecule has 3 nitrogen and oxygen atoms in total. The Bertz CT molecular complexity index is 448. The predicted molar refractivity (Wildman–Crippen MR) is 71.7 cm³/mol. The van der Waals surface area contributed by atoms with Gasteiger partial charge in [-0.2, -0.15) is 5.26 Å². The number of ether oxygens (including phenoxy) is 1. The van der Waals surface area contributed by atoms with E-state index in [0.29, 0.717) is 12.6 Å². The summed E-state index contributed by atoms with van der Waals surface area (Å²) in [5.41, 5.74) is 2.66. The average Bonchev–Trinajstić information content (AvgIpc) is 2.81. The molecule has 1 aromatic rings. The van der Waals surface area contributed by atoms with Crippen LogP contribution in [-0.2, 0) is 12.8 Å². The van der Waals surface area contributed by atoms with Crippen molar-refractivity contribution in [1.29, 1.82) is 5.26 Å². The van der Waals surface area contributed by atoms with Crippen molar-refractivity contribution in [2.24, 2.45) is 0 Å². The summed E-state index contributed by atoms with van der Waals surface area (Å²) in [6.45, 7) is 6.52. The van der Waals surface area contributed by atoms with E-state index in [1.54, 1.807) is 0 Å². The van der Waals surface area contributed by atoms with Crippen LogP contribution in [0.2, 0.25) is 0 Å². The number of rotatable bonds is 5. The first-order valence-corrected chi connectivity index (χ1v) is 6.56. The average molecular weight is 244 g/mol. The molecule has 2 rings (SSSR count). The molecule has 0 bridgehead atoms. The second-order valence-electron chi connectivity index (χ2n) is 5.01. The molecule has 0 saturated carbocycles. The lowest BCUT2D eigenvalue weighted by atomic mass is 10.1. The predicted octanol–water partition coefficient (Wildman–Crippen LogP) is 2.40. The Kier molecular flexibility index (Phi) is 4.22. The normalized spacial score (nSPS) is 13.5. The van der Waals surface area contributed by atoms with E-state index in [2.05, 4.69) is 43.0 Å². The van der Waals surface area contributed by atoms with Crippen molar-refractivity contribution in [2.45, 2.75) is 32.7 Å². The number of nitriles is 1. The molecule has 0 N–H and O–H groups in total. The highest BCUT2D eigenvalue weighted by atomic mass is 16.5. The van der Waals surface area contributed by atoms with Crippen LogP contribution in [0.1, 0.15) is 25.0 Å². The molecule has 3 heteroatoms. The molecule has 0 aromatic heterocycles. The Morgan fingerprint density at radius 3 is 3.00 bits per heavy atom. The molecule has 0 atom stereocenters. The Morgan fingerprint density at radius 1 is 1.44 bits per heavy atom. The Hall–Kier alpha value is -1.53. The molecule has 1 aliphatic rings. The maximum atomic E-state index is 8.80. The zero-order chi connectivity index (χ0) is 13.0. The van der Waals surface area contributed by atoms with Gasteiger partial charge in [0, 0.05) is 19.0 Å². The van der Waals surface area contributed by atoms with E-state index in [4.69, 9.17) is 10.00 Å². The summed E-state index contributed by atoms with van der Waals surface area (Å²) in [4.78, 5) is 2.20. The van der Waals surface area contributed by atoms with Crippen molar-refractivity contribution in [1.82, 2.24) is 4.90 Å². The molecular weight excluding hydrogens is 224 g/mol. The van der Waals surface area contributed by atoms with E-state index in [9.17, 15) is 0 Å². The largest absolute Gasteiger partial charge is 0.493 e. The highest BCUT2D eigenvalue weighted by Crippen LogP contribution is 2.26. The van der Waals surface area contributed by atoms with Gasteiger partial charge in [-0.3, -0.25) is 4.90 Å². The zero-order valence-electron chi connectivity index (χ0n) is 11.1. The van der Waals surface area contributed by atoms with E-state index < -0.39 is 0 Å². The van der Waals surface area contributed by atoms with Gasteiger partial charge in [-0.25, -0.2) is 0 Å². The van der Waals surface area contributed by atoms with Crippen molar-refractivity contribution in [3.8, 4) is 11.8 Å². The van der Waals surface area contributed by atoms with Gasteiger partial charge in [0.1, 0.15) is 5.75 Å². The third-order valence-corrected chi connectivity index (χ3v) is 3.45. The monoisotopic (exact) mass is 244 g/mol. The van der Waals surface area contributed by atoms with Crippen LogP contribution in [0.5, 0.6) is 5.75 Å². The summed E-state index contributed by atoms with van der Waals surface area (Å²) < 4.78 is 5.50. The number of hydrogen-bond acceptors (Lipinski definition) is 3. The van der Waals surface area contributed by atoms with Crippen molar-refractivity contribution >= 4 is 0 Å². The molecule has 0 radical (unpaired) electrons. The third-order valence-electron chi connectivity index (χ3n) is 3.45. The molecule has 0 saturated heterocycles. The van der Waals surface area contributed by atoms with Crippen LogP contribution in [0, 0.1) is 11.3 Å². The Morgan fingerprint density at radius 2 is 2.28 bits per heavy atom. The lowest BCUT2D eigenvalue weighted by molar-refractivity contribution is 0.252. The lowest BCUT2D eigenvalue weighted by Crippen LogP contribution is -2.33. The third kappa shape index (κ3) is 3.02. The Balaban J connectivity index is 1.95. The molecular formula is C15H20N2O. The van der Waals surface area contributed by atoms with Gasteiger partial charge >= 0.3 is 0 Å². The molecule has 1 aromatic carbocycles. The maximum Gasteiger partial charge on any atom is 0.122 e. The SMILES string of the molecule is CC(C)N(CC#N)CCc1ccc2c(c1)CCO2. The summed E-state index contributed by atoms with van der Waals surface area (Å²) in [7, 11) is 0. The summed E-state index contributed by atoms with van der Waals surface area (Å²) in [6.07, 6.45) is 2.02. The fourth-order valence-electron chi connectivity index (χ4n) is 2.28. The van der Waals surface area contributed by atoms with Crippen LogP contribution in [0.3, 0.4) is 0 Å². The molecule has 0 fully saturated rings. The van der Waals surface area contributed by atoms with Crippen LogP contribution in [0.25, 0.3) is 0 Å². The molecule has 1 aliphatic heterocycles. The molecule has 0 unspecified atom stereocenters. The zero-order valence-corrected chi connectivity index (χ0v) is 11.1. The van der Waals surface area contributed by atoms with Gasteiger partial charge in [-0.15, -0.1) is 0 Å². The van der Waals surface area contributed by atoms with Gasteiger partial charge in [-0.05, 0) is 37.5 Å². The van der Waals surface area contributed by atoms with Crippen molar-refractivity contribution in [3.63, 3.8) is 0 Å². The van der Waals surface area contributed by atoms with E-state index in [1.807, 2.05) is 0 Å². The van der Waals surface area contributed by atoms with Crippen molar-refractivity contribution in [2.75, 3.05) is 19.7 Å². The van der Waals surface area contributed by atoms with Crippen molar-refractivity contribution < 1.29 is 4.74 Å². The summed E-state index contributed by atoms with van der Waals surface area (Å²) in [6, 6.07) is 9.10. The second-order valence-corrected chi connectivity index (χ2v) is 5.01. The number of fused-ring (bicyclic) bond motifs is 1. The lowest BCUT2D eigenvalue weighted by Gasteiger charge is -2.23. The first-order chi connectivity index (χ1) is 8.70. The fraction of sp³-hybridized carbons (Fsp3) is 0.533. The molecule has 0 spiro atoms. The molecule has 0 amide bonds. The number of hydrogen-bond donors (Lipinski definition) is 0. The minimum Gasteiger partial charge on any atom is -0.493 e. The van der Waals surface area contributed by atoms with Crippen LogP contribution in [0.15, 0.2) is 18.2 Å². The van der Waals surface area contributed by atoms with Crippen LogP contribution in [0.4, 0.5) is 0 Å². The maximum absolute atomic E-state index is 8.80. The van der Waals surface area contributed by atoms with Gasteiger partial charge in [-0.1, -0.05) is 12.1 Å². The van der Waals surface area contributed by atoms with E-state index >= 15 is 0 Å². The van der Waals surface area contributed by atoms with E-state index in [0.717, 1.165) is 31.7 Å².